The second-order valence-corrected chi connectivity index (χ2v) is 8.88. The Balaban J connectivity index is 1.32. The average Bonchev–Trinajstić information content (AvgIpc) is 2.85. The van der Waals surface area contributed by atoms with Gasteiger partial charge in [0, 0.05) is 23.6 Å². The number of amides is 2. The van der Waals surface area contributed by atoms with Gasteiger partial charge >= 0.3 is 6.03 Å². The molecule has 32 heavy (non-hydrogen) atoms. The summed E-state index contributed by atoms with van der Waals surface area (Å²) in [7, 11) is 0. The molecular weight excluding hydrogens is 396 g/mol. The second kappa shape index (κ2) is 9.47. The fraction of sp³-hybridized carbons (Fsp3) is 0.321. The Hall–Kier alpha value is -3.27. The first-order valence-corrected chi connectivity index (χ1v) is 11.7. The Labute approximate surface area is 190 Å². The zero-order chi connectivity index (χ0) is 21.8. The van der Waals surface area contributed by atoms with Gasteiger partial charge in [-0.2, -0.15) is 0 Å². The van der Waals surface area contributed by atoms with E-state index in [-0.39, 0.29) is 12.1 Å². The van der Waals surface area contributed by atoms with E-state index in [1.54, 1.807) is 0 Å². The molecule has 0 radical (unpaired) electrons. The summed E-state index contributed by atoms with van der Waals surface area (Å²) in [6.07, 6.45) is 6.38. The van der Waals surface area contributed by atoms with Crippen LogP contribution in [0.5, 0.6) is 11.5 Å². The van der Waals surface area contributed by atoms with E-state index in [0.717, 1.165) is 22.6 Å². The molecule has 2 aliphatic rings. The van der Waals surface area contributed by atoms with Crippen LogP contribution in [-0.4, -0.2) is 12.6 Å². The summed E-state index contributed by atoms with van der Waals surface area (Å²) in [6, 6.07) is 26.1. The number of ether oxygens (including phenoxy) is 1. The number of para-hydroxylation sites is 2. The van der Waals surface area contributed by atoms with Gasteiger partial charge in [0.05, 0.1) is 6.04 Å². The fourth-order valence-electron chi connectivity index (χ4n) is 5.24. The Morgan fingerprint density at radius 1 is 0.812 bits per heavy atom. The van der Waals surface area contributed by atoms with Gasteiger partial charge in [-0.1, -0.05) is 86.0 Å². The topological polar surface area (TPSA) is 50.4 Å². The van der Waals surface area contributed by atoms with E-state index in [1.807, 2.05) is 48.5 Å². The average molecular weight is 427 g/mol. The number of fused-ring (bicyclic) bond motifs is 2. The van der Waals surface area contributed by atoms with Crippen molar-refractivity contribution in [1.29, 1.82) is 0 Å². The summed E-state index contributed by atoms with van der Waals surface area (Å²) in [5.41, 5.74) is 3.28. The summed E-state index contributed by atoms with van der Waals surface area (Å²) < 4.78 is 6.05. The van der Waals surface area contributed by atoms with Crippen LogP contribution in [0.3, 0.4) is 0 Å². The summed E-state index contributed by atoms with van der Waals surface area (Å²) in [5, 5.41) is 6.41. The van der Waals surface area contributed by atoms with E-state index in [2.05, 4.69) is 41.0 Å². The third-order valence-electron chi connectivity index (χ3n) is 6.88. The minimum Gasteiger partial charge on any atom is -0.457 e. The largest absolute Gasteiger partial charge is 0.457 e. The number of rotatable bonds is 5. The van der Waals surface area contributed by atoms with Crippen LogP contribution in [-0.2, 0) is 0 Å². The minimum atomic E-state index is -0.235. The normalized spacial score (nSPS) is 16.9. The fourth-order valence-corrected chi connectivity index (χ4v) is 5.24. The smallest absolute Gasteiger partial charge is 0.315 e. The number of carbonyl (C=O) groups is 1. The van der Waals surface area contributed by atoms with Crippen LogP contribution in [0.15, 0.2) is 78.9 Å². The van der Waals surface area contributed by atoms with Crippen molar-refractivity contribution in [2.24, 2.45) is 5.92 Å². The summed E-state index contributed by atoms with van der Waals surface area (Å²) in [6.45, 7) is 0.646. The number of nitrogens with one attached hydrogen (secondary N) is 2. The third-order valence-corrected chi connectivity index (χ3v) is 6.88. The first kappa shape index (κ1) is 20.6. The molecule has 5 rings (SSSR count). The highest BCUT2D eigenvalue weighted by atomic mass is 16.5. The molecule has 1 aliphatic carbocycles. The van der Waals surface area contributed by atoms with Crippen molar-refractivity contribution in [3.05, 3.63) is 95.6 Å². The quantitative estimate of drug-likeness (QED) is 0.486. The second-order valence-electron chi connectivity index (χ2n) is 8.88. The lowest BCUT2D eigenvalue weighted by Crippen LogP contribution is -2.41. The number of urea groups is 1. The lowest BCUT2D eigenvalue weighted by atomic mass is 9.77. The molecule has 164 valence electrons. The molecule has 0 bridgehead atoms. The molecule has 3 aromatic carbocycles. The Kier molecular flexibility index (Phi) is 6.11. The molecule has 0 aromatic heterocycles. The highest BCUT2D eigenvalue weighted by Crippen LogP contribution is 2.42. The molecule has 2 amide bonds. The van der Waals surface area contributed by atoms with Crippen LogP contribution in [0, 0.1) is 5.92 Å². The molecule has 1 unspecified atom stereocenters. The SMILES string of the molecule is O=C(NCC(c1ccccc1)C1CCCCC1)NC1c2ccccc2Oc2ccccc21. The molecule has 1 heterocycles. The van der Waals surface area contributed by atoms with Crippen LogP contribution >= 0.6 is 0 Å². The van der Waals surface area contributed by atoms with Gasteiger partial charge in [0.2, 0.25) is 0 Å². The van der Waals surface area contributed by atoms with Gasteiger partial charge < -0.3 is 15.4 Å². The molecule has 1 fully saturated rings. The highest BCUT2D eigenvalue weighted by molar-refractivity contribution is 5.76. The van der Waals surface area contributed by atoms with Crippen molar-refractivity contribution in [3.63, 3.8) is 0 Å². The first-order chi connectivity index (χ1) is 15.8. The van der Waals surface area contributed by atoms with Crippen LogP contribution in [0.4, 0.5) is 4.79 Å². The molecule has 1 atom stereocenters. The number of hydrogen-bond donors (Lipinski definition) is 2. The van der Waals surface area contributed by atoms with Gasteiger partial charge in [-0.3, -0.25) is 0 Å². The molecule has 4 nitrogen and oxygen atoms in total. The third kappa shape index (κ3) is 4.36. The molecular formula is C28H30N2O2. The van der Waals surface area contributed by atoms with Crippen molar-refractivity contribution >= 4 is 6.03 Å². The van der Waals surface area contributed by atoms with Crippen molar-refractivity contribution in [2.75, 3.05) is 6.54 Å². The maximum absolute atomic E-state index is 13.1. The molecule has 3 aromatic rings. The van der Waals surface area contributed by atoms with Gasteiger partial charge in [0.25, 0.3) is 0 Å². The summed E-state index contributed by atoms with van der Waals surface area (Å²) >= 11 is 0. The van der Waals surface area contributed by atoms with E-state index in [1.165, 1.54) is 37.7 Å². The van der Waals surface area contributed by atoms with Crippen LogP contribution in [0.2, 0.25) is 0 Å². The molecule has 1 saturated carbocycles. The van der Waals surface area contributed by atoms with Gasteiger partial charge in [-0.05, 0) is 36.5 Å². The zero-order valence-corrected chi connectivity index (χ0v) is 18.3. The van der Waals surface area contributed by atoms with E-state index in [0.29, 0.717) is 18.4 Å². The number of hydrogen-bond acceptors (Lipinski definition) is 2. The van der Waals surface area contributed by atoms with E-state index in [4.69, 9.17) is 4.74 Å². The van der Waals surface area contributed by atoms with Crippen molar-refractivity contribution < 1.29 is 9.53 Å². The van der Waals surface area contributed by atoms with Crippen LogP contribution < -0.4 is 15.4 Å². The Morgan fingerprint density at radius 2 is 1.41 bits per heavy atom. The van der Waals surface area contributed by atoms with Crippen LogP contribution in [0.1, 0.15) is 60.8 Å². The maximum atomic E-state index is 13.1. The van der Waals surface area contributed by atoms with Gasteiger partial charge in [-0.15, -0.1) is 0 Å². The summed E-state index contributed by atoms with van der Waals surface area (Å²) in [4.78, 5) is 13.1. The van der Waals surface area contributed by atoms with Gasteiger partial charge in [0.15, 0.2) is 0 Å². The van der Waals surface area contributed by atoms with E-state index < -0.39 is 0 Å². The van der Waals surface area contributed by atoms with Crippen molar-refractivity contribution in [2.45, 2.75) is 44.1 Å². The van der Waals surface area contributed by atoms with Crippen LogP contribution in [0.25, 0.3) is 0 Å². The van der Waals surface area contributed by atoms with Gasteiger partial charge in [0.1, 0.15) is 11.5 Å². The molecule has 0 saturated heterocycles. The number of carbonyl (C=O) groups excluding carboxylic acids is 1. The summed E-state index contributed by atoms with van der Waals surface area (Å²) in [5.74, 6) is 2.55. The van der Waals surface area contributed by atoms with Gasteiger partial charge in [-0.25, -0.2) is 4.79 Å². The monoisotopic (exact) mass is 426 g/mol. The molecule has 1 aliphatic heterocycles. The lowest BCUT2D eigenvalue weighted by molar-refractivity contribution is 0.233. The minimum absolute atomic E-state index is 0.141. The van der Waals surface area contributed by atoms with Crippen molar-refractivity contribution in [1.82, 2.24) is 10.6 Å². The van der Waals surface area contributed by atoms with E-state index in [9.17, 15) is 4.79 Å². The Bertz CT molecular complexity index is 1010. The first-order valence-electron chi connectivity index (χ1n) is 11.7. The Morgan fingerprint density at radius 3 is 2.06 bits per heavy atom. The number of benzene rings is 3. The maximum Gasteiger partial charge on any atom is 0.315 e. The zero-order valence-electron chi connectivity index (χ0n) is 18.3. The molecule has 2 N–H and O–H groups in total. The van der Waals surface area contributed by atoms with Crippen molar-refractivity contribution in [3.8, 4) is 11.5 Å². The molecule has 0 spiro atoms. The highest BCUT2D eigenvalue weighted by Gasteiger charge is 2.29. The predicted octanol–water partition coefficient (Wildman–Crippen LogP) is 6.55. The molecule has 4 heteroatoms. The standard InChI is InChI=1S/C28H30N2O2/c31-28(29-19-24(20-11-3-1-4-12-20)21-13-5-2-6-14-21)30-27-22-15-7-9-17-25(22)32-26-18-10-8-16-23(26)27/h1,3-4,7-12,15-18,21,24,27H,2,5-6,13-14,19H2,(H2,29,30,31). The van der Waals surface area contributed by atoms with E-state index >= 15 is 0 Å². The predicted molar refractivity (Wildman–Crippen MR) is 127 cm³/mol. The lowest BCUT2D eigenvalue weighted by Gasteiger charge is -2.32.